The van der Waals surface area contributed by atoms with Crippen molar-refractivity contribution in [2.45, 2.75) is 4.90 Å². The van der Waals surface area contributed by atoms with Crippen LogP contribution in [0.2, 0.25) is 5.02 Å². The molecule has 1 N–H and O–H groups in total. The second-order valence-corrected chi connectivity index (χ2v) is 6.56. The van der Waals surface area contributed by atoms with E-state index in [1.165, 1.54) is 4.90 Å². The van der Waals surface area contributed by atoms with Gasteiger partial charge in [0.15, 0.2) is 5.82 Å². The molecule has 0 fully saturated rings. The summed E-state index contributed by atoms with van der Waals surface area (Å²) in [5.41, 5.74) is 1.20. The molecule has 2 aromatic carbocycles. The number of benzene rings is 2. The van der Waals surface area contributed by atoms with Gasteiger partial charge in [0.2, 0.25) is 0 Å². The highest BCUT2D eigenvalue weighted by molar-refractivity contribution is 7.98. The van der Waals surface area contributed by atoms with Crippen molar-refractivity contribution in [2.24, 2.45) is 0 Å². The molecule has 0 aliphatic heterocycles. The lowest BCUT2D eigenvalue weighted by Gasteiger charge is -2.03. The average molecular weight is 363 g/mol. The van der Waals surface area contributed by atoms with Crippen LogP contribution in [-0.4, -0.2) is 16.2 Å². The van der Waals surface area contributed by atoms with Gasteiger partial charge < -0.3 is 4.98 Å². The van der Waals surface area contributed by atoms with E-state index >= 15 is 0 Å². The molecular weight excluding hydrogens is 351 g/mol. The molecule has 3 aromatic rings. The standard InChI is InChI=1S/C17H12Cl2N2OS/c1-23-12-5-2-10(3-6-12)8-14(19)16-20-15-9-11(18)4-7-13(15)17(22)21-16/h2-9H,1H3,(H,20,21,22)/b14-8-. The third kappa shape index (κ3) is 3.61. The maximum Gasteiger partial charge on any atom is 0.259 e. The minimum absolute atomic E-state index is 0.244. The number of halogens is 2. The first-order valence-electron chi connectivity index (χ1n) is 6.78. The highest BCUT2D eigenvalue weighted by Gasteiger charge is 2.07. The molecule has 0 saturated heterocycles. The Balaban J connectivity index is 2.04. The van der Waals surface area contributed by atoms with Gasteiger partial charge in [-0.1, -0.05) is 35.3 Å². The van der Waals surface area contributed by atoms with E-state index in [-0.39, 0.29) is 5.56 Å². The van der Waals surface area contributed by atoms with Gasteiger partial charge in [0.05, 0.1) is 15.9 Å². The number of fused-ring (bicyclic) bond motifs is 1. The SMILES string of the molecule is CSc1ccc(/C=C(\Cl)c2nc3cc(Cl)ccc3c(=O)[nH]2)cc1. The first kappa shape index (κ1) is 16.1. The van der Waals surface area contributed by atoms with E-state index in [2.05, 4.69) is 9.97 Å². The Hall–Kier alpha value is -1.75. The average Bonchev–Trinajstić information content (AvgIpc) is 2.55. The Morgan fingerprint density at radius 3 is 2.65 bits per heavy atom. The lowest BCUT2D eigenvalue weighted by Crippen LogP contribution is -2.10. The van der Waals surface area contributed by atoms with E-state index < -0.39 is 0 Å². The van der Waals surface area contributed by atoms with E-state index in [9.17, 15) is 4.79 Å². The number of thioether (sulfide) groups is 1. The van der Waals surface area contributed by atoms with Crippen LogP contribution in [0.3, 0.4) is 0 Å². The van der Waals surface area contributed by atoms with Gasteiger partial charge in [0, 0.05) is 9.92 Å². The lowest BCUT2D eigenvalue weighted by atomic mass is 10.2. The normalized spacial score (nSPS) is 11.9. The molecule has 1 heterocycles. The fourth-order valence-corrected chi connectivity index (χ4v) is 2.93. The van der Waals surface area contributed by atoms with E-state index in [0.717, 1.165) is 5.56 Å². The Labute approximate surface area is 147 Å². The van der Waals surface area contributed by atoms with Crippen molar-refractivity contribution in [3.8, 4) is 0 Å². The molecule has 0 aliphatic rings. The molecule has 23 heavy (non-hydrogen) atoms. The predicted molar refractivity (Wildman–Crippen MR) is 99.3 cm³/mol. The number of hydrogen-bond acceptors (Lipinski definition) is 3. The number of H-pyrrole nitrogens is 1. The van der Waals surface area contributed by atoms with E-state index in [0.29, 0.717) is 26.8 Å². The Morgan fingerprint density at radius 2 is 1.96 bits per heavy atom. The van der Waals surface area contributed by atoms with Gasteiger partial charge >= 0.3 is 0 Å². The van der Waals surface area contributed by atoms with Crippen molar-refractivity contribution in [1.29, 1.82) is 0 Å². The summed E-state index contributed by atoms with van der Waals surface area (Å²) in [7, 11) is 0. The quantitative estimate of drug-likeness (QED) is 0.664. The topological polar surface area (TPSA) is 45.8 Å². The summed E-state index contributed by atoms with van der Waals surface area (Å²) in [6.45, 7) is 0. The molecule has 0 saturated carbocycles. The zero-order valence-electron chi connectivity index (χ0n) is 12.1. The summed E-state index contributed by atoms with van der Waals surface area (Å²) in [5, 5.41) is 1.36. The number of hydrogen-bond donors (Lipinski definition) is 1. The molecule has 116 valence electrons. The summed E-state index contributed by atoms with van der Waals surface area (Å²) in [6.07, 6.45) is 3.78. The number of rotatable bonds is 3. The van der Waals surface area contributed by atoms with E-state index in [1.807, 2.05) is 30.5 Å². The molecule has 0 amide bonds. The maximum absolute atomic E-state index is 12.1. The minimum Gasteiger partial charge on any atom is -0.305 e. The largest absolute Gasteiger partial charge is 0.305 e. The molecule has 1 aromatic heterocycles. The van der Waals surface area contributed by atoms with Crippen molar-refractivity contribution < 1.29 is 0 Å². The maximum atomic E-state index is 12.1. The first-order chi connectivity index (χ1) is 11.1. The van der Waals surface area contributed by atoms with Crippen molar-refractivity contribution >= 4 is 57.0 Å². The van der Waals surface area contributed by atoms with Crippen LogP contribution in [0.15, 0.2) is 52.2 Å². The number of nitrogens with one attached hydrogen (secondary N) is 1. The summed E-state index contributed by atoms with van der Waals surface area (Å²) >= 11 is 13.9. The van der Waals surface area contributed by atoms with E-state index in [1.54, 1.807) is 36.0 Å². The molecule has 0 atom stereocenters. The minimum atomic E-state index is -0.244. The first-order valence-corrected chi connectivity index (χ1v) is 8.76. The highest BCUT2D eigenvalue weighted by Crippen LogP contribution is 2.22. The summed E-state index contributed by atoms with van der Waals surface area (Å²) in [5.74, 6) is 0.320. The molecule has 0 aliphatic carbocycles. The molecule has 6 heteroatoms. The zero-order chi connectivity index (χ0) is 16.4. The van der Waals surface area contributed by atoms with Gasteiger partial charge in [0.25, 0.3) is 5.56 Å². The molecule has 3 nitrogen and oxygen atoms in total. The number of aromatic amines is 1. The summed E-state index contributed by atoms with van der Waals surface area (Å²) < 4.78 is 0. The van der Waals surface area contributed by atoms with Crippen molar-refractivity contribution in [3.05, 3.63) is 69.2 Å². The van der Waals surface area contributed by atoms with Crippen LogP contribution in [0.5, 0.6) is 0 Å². The van der Waals surface area contributed by atoms with Gasteiger partial charge in [-0.3, -0.25) is 4.79 Å². The van der Waals surface area contributed by atoms with Crippen LogP contribution in [0.1, 0.15) is 11.4 Å². The smallest absolute Gasteiger partial charge is 0.259 e. The molecular formula is C17H12Cl2N2OS. The number of nitrogens with zero attached hydrogens (tertiary/aromatic N) is 1. The molecule has 0 unspecified atom stereocenters. The van der Waals surface area contributed by atoms with Gasteiger partial charge in [-0.25, -0.2) is 4.98 Å². The number of aromatic nitrogens is 2. The van der Waals surface area contributed by atoms with Crippen LogP contribution in [0.25, 0.3) is 22.0 Å². The zero-order valence-corrected chi connectivity index (χ0v) is 14.5. The van der Waals surface area contributed by atoms with Gasteiger partial charge in [-0.15, -0.1) is 11.8 Å². The fraction of sp³-hybridized carbons (Fsp3) is 0.0588. The Bertz CT molecular complexity index is 949. The van der Waals surface area contributed by atoms with Crippen molar-refractivity contribution in [3.63, 3.8) is 0 Å². The lowest BCUT2D eigenvalue weighted by molar-refractivity contribution is 1.14. The van der Waals surface area contributed by atoms with Gasteiger partial charge in [-0.2, -0.15) is 0 Å². The summed E-state index contributed by atoms with van der Waals surface area (Å²) in [6, 6.07) is 12.9. The van der Waals surface area contributed by atoms with Crippen LogP contribution in [-0.2, 0) is 0 Å². The molecule has 0 radical (unpaired) electrons. The van der Waals surface area contributed by atoms with Crippen molar-refractivity contribution in [1.82, 2.24) is 9.97 Å². The second-order valence-electron chi connectivity index (χ2n) is 4.84. The predicted octanol–water partition coefficient (Wildman–Crippen LogP) is 5.04. The van der Waals surface area contributed by atoms with Crippen LogP contribution < -0.4 is 5.56 Å². The Morgan fingerprint density at radius 1 is 1.22 bits per heavy atom. The third-order valence-electron chi connectivity index (χ3n) is 3.30. The monoisotopic (exact) mass is 362 g/mol. The van der Waals surface area contributed by atoms with Gasteiger partial charge in [0.1, 0.15) is 0 Å². The van der Waals surface area contributed by atoms with Crippen LogP contribution >= 0.6 is 35.0 Å². The molecule has 0 spiro atoms. The molecule has 3 rings (SSSR count). The Kier molecular flexibility index (Phi) is 4.76. The fourth-order valence-electron chi connectivity index (χ4n) is 2.14. The van der Waals surface area contributed by atoms with Gasteiger partial charge in [-0.05, 0) is 48.2 Å². The molecule has 0 bridgehead atoms. The van der Waals surface area contributed by atoms with Crippen LogP contribution in [0.4, 0.5) is 0 Å². The second kappa shape index (κ2) is 6.79. The van der Waals surface area contributed by atoms with E-state index in [4.69, 9.17) is 23.2 Å². The van der Waals surface area contributed by atoms with Crippen molar-refractivity contribution in [2.75, 3.05) is 6.26 Å². The highest BCUT2D eigenvalue weighted by atomic mass is 35.5. The summed E-state index contributed by atoms with van der Waals surface area (Å²) in [4.78, 5) is 20.4. The van der Waals surface area contributed by atoms with Crippen LogP contribution in [0, 0.1) is 0 Å². The third-order valence-corrected chi connectivity index (χ3v) is 4.57.